The Labute approximate surface area is 195 Å². The Hall–Kier alpha value is -2.56. The monoisotopic (exact) mass is 561 g/mol. The summed E-state index contributed by atoms with van der Waals surface area (Å²) in [5, 5.41) is 0. The summed E-state index contributed by atoms with van der Waals surface area (Å²) in [6.07, 6.45) is 0. The van der Waals surface area contributed by atoms with Gasteiger partial charge in [0.25, 0.3) is 0 Å². The van der Waals surface area contributed by atoms with Crippen LogP contribution in [0.1, 0.15) is 10.6 Å². The molecular weight excluding hydrogens is 547 g/mol. The van der Waals surface area contributed by atoms with E-state index in [-0.39, 0.29) is 5.76 Å². The average molecular weight is 561 g/mol. The van der Waals surface area contributed by atoms with Crippen LogP contribution in [-0.4, -0.2) is 14.4 Å². The summed E-state index contributed by atoms with van der Waals surface area (Å²) in [7, 11) is -4.17. The van der Waals surface area contributed by atoms with Crippen molar-refractivity contribution < 1.29 is 22.4 Å². The van der Waals surface area contributed by atoms with Crippen LogP contribution in [0.15, 0.2) is 114 Å². The van der Waals surface area contributed by atoms with Crippen molar-refractivity contribution in [1.82, 2.24) is 0 Å². The van der Waals surface area contributed by atoms with E-state index >= 15 is 0 Å². The van der Waals surface area contributed by atoms with E-state index in [1.807, 2.05) is 59.0 Å². The van der Waals surface area contributed by atoms with Crippen LogP contribution < -0.4 is 4.74 Å². The standard InChI is InChI=1S/C23H14IO5S2/c24-22-14-13-17(29-22)23(25)28-15-9-11-16(12-10-15)30-18-5-1-3-7-20(18)31(26,27)21-8-4-2-6-19(21)30/h1-14H/q+1. The lowest BCUT2D eigenvalue weighted by molar-refractivity contribution is 0.0699. The Bertz CT molecular complexity index is 1350. The summed E-state index contributed by atoms with van der Waals surface area (Å²) in [6, 6.07) is 24.6. The number of carbonyl (C=O) groups excluding carboxylic acids is 1. The molecule has 0 unspecified atom stereocenters. The quantitative estimate of drug-likeness (QED) is 0.129. The molecule has 0 amide bonds. The van der Waals surface area contributed by atoms with Crippen molar-refractivity contribution >= 4 is 49.3 Å². The molecule has 0 bridgehead atoms. The van der Waals surface area contributed by atoms with Crippen molar-refractivity contribution in [2.45, 2.75) is 24.5 Å². The highest BCUT2D eigenvalue weighted by molar-refractivity contribution is 14.1. The molecule has 31 heavy (non-hydrogen) atoms. The molecule has 5 nitrogen and oxygen atoms in total. The lowest BCUT2D eigenvalue weighted by Gasteiger charge is -2.19. The Morgan fingerprint density at radius 3 is 1.94 bits per heavy atom. The van der Waals surface area contributed by atoms with Gasteiger partial charge in [0.2, 0.25) is 15.6 Å². The van der Waals surface area contributed by atoms with Crippen LogP contribution >= 0.6 is 22.6 Å². The molecule has 8 heteroatoms. The lowest BCUT2D eigenvalue weighted by atomic mass is 10.3. The molecule has 3 aromatic carbocycles. The summed E-state index contributed by atoms with van der Waals surface area (Å²) < 4.78 is 37.5. The lowest BCUT2D eigenvalue weighted by Crippen LogP contribution is -2.20. The van der Waals surface area contributed by atoms with Crippen molar-refractivity contribution in [3.8, 4) is 5.75 Å². The second-order valence-corrected chi connectivity index (χ2v) is 11.6. The molecular formula is C23H14IO5S2+. The van der Waals surface area contributed by atoms with Gasteiger partial charge >= 0.3 is 5.97 Å². The molecule has 0 fully saturated rings. The van der Waals surface area contributed by atoms with E-state index in [1.165, 1.54) is 0 Å². The fourth-order valence-electron chi connectivity index (χ4n) is 3.40. The van der Waals surface area contributed by atoms with E-state index < -0.39 is 26.7 Å². The molecule has 154 valence electrons. The predicted octanol–water partition coefficient (Wildman–Crippen LogP) is 5.35. The Morgan fingerprint density at radius 2 is 1.39 bits per heavy atom. The molecule has 1 aliphatic heterocycles. The summed E-state index contributed by atoms with van der Waals surface area (Å²) in [6.45, 7) is 0. The van der Waals surface area contributed by atoms with Crippen LogP contribution in [0.25, 0.3) is 0 Å². The van der Waals surface area contributed by atoms with Crippen LogP contribution in [0.3, 0.4) is 0 Å². The normalized spacial score (nSPS) is 14.5. The van der Waals surface area contributed by atoms with Crippen LogP contribution in [0.4, 0.5) is 0 Å². The van der Waals surface area contributed by atoms with E-state index in [4.69, 9.17) is 9.15 Å². The van der Waals surface area contributed by atoms with E-state index in [9.17, 15) is 13.2 Å². The smallest absolute Gasteiger partial charge is 0.379 e. The van der Waals surface area contributed by atoms with Crippen LogP contribution in [0.2, 0.25) is 0 Å². The maximum atomic E-state index is 13.1. The maximum absolute atomic E-state index is 13.1. The zero-order valence-corrected chi connectivity index (χ0v) is 19.6. The number of carbonyl (C=O) groups is 1. The number of fused-ring (bicyclic) bond motifs is 2. The first kappa shape index (κ1) is 20.3. The summed E-state index contributed by atoms with van der Waals surface area (Å²) in [5.41, 5.74) is 0. The number of esters is 1. The number of hydrogen-bond donors (Lipinski definition) is 0. The van der Waals surface area contributed by atoms with Gasteiger partial charge in [-0.2, -0.15) is 0 Å². The van der Waals surface area contributed by atoms with Crippen molar-refractivity contribution in [3.63, 3.8) is 0 Å². The minimum Gasteiger partial charge on any atom is -0.443 e. The summed E-state index contributed by atoms with van der Waals surface area (Å²) >= 11 is 1.98. The maximum Gasteiger partial charge on any atom is 0.379 e. The topological polar surface area (TPSA) is 73.6 Å². The fourth-order valence-corrected chi connectivity index (χ4v) is 8.51. The third-order valence-corrected chi connectivity index (χ3v) is 9.81. The molecule has 1 aromatic heterocycles. The summed E-state index contributed by atoms with van der Waals surface area (Å²) in [5.74, 6) is -0.0526. The highest BCUT2D eigenvalue weighted by atomic mass is 127. The third kappa shape index (κ3) is 3.58. The van der Waals surface area contributed by atoms with Gasteiger partial charge in [0, 0.05) is 0 Å². The second kappa shape index (κ2) is 7.85. The second-order valence-electron chi connectivity index (χ2n) is 6.67. The molecule has 1 aliphatic rings. The molecule has 0 saturated heterocycles. The Morgan fingerprint density at radius 1 is 0.806 bits per heavy atom. The first-order valence-electron chi connectivity index (χ1n) is 9.20. The van der Waals surface area contributed by atoms with Gasteiger partial charge in [0.05, 0.1) is 0 Å². The molecule has 0 atom stereocenters. The molecule has 0 aliphatic carbocycles. The number of benzene rings is 3. The van der Waals surface area contributed by atoms with E-state index in [1.54, 1.807) is 48.5 Å². The average Bonchev–Trinajstić information content (AvgIpc) is 3.22. The molecule has 0 radical (unpaired) electrons. The number of hydrogen-bond acceptors (Lipinski definition) is 5. The Kier molecular flexibility index (Phi) is 5.15. The van der Waals surface area contributed by atoms with Gasteiger partial charge < -0.3 is 9.15 Å². The minimum atomic E-state index is -3.57. The molecule has 0 N–H and O–H groups in total. The SMILES string of the molecule is O=C(Oc1ccc([S+]2c3ccccc3S(=O)(=O)c3ccccc32)cc1)c1ccc(I)o1. The molecule has 0 spiro atoms. The zero-order chi connectivity index (χ0) is 21.6. The fraction of sp³-hybridized carbons (Fsp3) is 0. The number of ether oxygens (including phenoxy) is 1. The van der Waals surface area contributed by atoms with Crippen LogP contribution in [0, 0.1) is 3.77 Å². The van der Waals surface area contributed by atoms with Gasteiger partial charge in [0.15, 0.2) is 18.5 Å². The largest absolute Gasteiger partial charge is 0.443 e. The van der Waals surface area contributed by atoms with Gasteiger partial charge in [-0.3, -0.25) is 0 Å². The Balaban J connectivity index is 1.53. The van der Waals surface area contributed by atoms with E-state index in [2.05, 4.69) is 0 Å². The molecule has 5 rings (SSSR count). The molecule has 0 saturated carbocycles. The first-order valence-corrected chi connectivity index (χ1v) is 13.0. The first-order chi connectivity index (χ1) is 14.9. The third-order valence-electron chi connectivity index (χ3n) is 4.76. The molecule has 2 heterocycles. The van der Waals surface area contributed by atoms with Gasteiger partial charge in [-0.15, -0.1) is 0 Å². The van der Waals surface area contributed by atoms with Crippen molar-refractivity contribution in [3.05, 3.63) is 94.5 Å². The number of halogens is 1. The van der Waals surface area contributed by atoms with Crippen molar-refractivity contribution in [2.24, 2.45) is 0 Å². The van der Waals surface area contributed by atoms with Crippen LogP contribution in [-0.2, 0) is 20.7 Å². The summed E-state index contributed by atoms with van der Waals surface area (Å²) in [4.78, 5) is 15.3. The highest BCUT2D eigenvalue weighted by Gasteiger charge is 2.44. The van der Waals surface area contributed by atoms with E-state index in [0.29, 0.717) is 19.3 Å². The van der Waals surface area contributed by atoms with Crippen molar-refractivity contribution in [1.29, 1.82) is 0 Å². The van der Waals surface area contributed by atoms with E-state index in [0.717, 1.165) is 14.7 Å². The number of rotatable bonds is 3. The predicted molar refractivity (Wildman–Crippen MR) is 123 cm³/mol. The molecule has 4 aromatic rings. The highest BCUT2D eigenvalue weighted by Crippen LogP contribution is 2.44. The number of furan rings is 1. The van der Waals surface area contributed by atoms with Crippen LogP contribution in [0.5, 0.6) is 5.75 Å². The zero-order valence-electron chi connectivity index (χ0n) is 15.8. The van der Waals surface area contributed by atoms with Crippen molar-refractivity contribution in [2.75, 3.05) is 0 Å². The van der Waals surface area contributed by atoms with Gasteiger partial charge in [-0.25, -0.2) is 13.2 Å². The minimum absolute atomic E-state index is 0.135. The van der Waals surface area contributed by atoms with Gasteiger partial charge in [0.1, 0.15) is 26.4 Å². The number of sulfone groups is 1. The van der Waals surface area contributed by atoms with Gasteiger partial charge in [-0.1, -0.05) is 24.3 Å². The van der Waals surface area contributed by atoms with Gasteiger partial charge in [-0.05, 0) is 83.3 Å².